The SMILES string of the molecule is COc1cccc(C(=O)Cl)c1C.Cc1ccccc1. The van der Waals surface area contributed by atoms with Crippen LogP contribution in [0.2, 0.25) is 0 Å². The van der Waals surface area contributed by atoms with Crippen molar-refractivity contribution in [2.24, 2.45) is 0 Å². The molecule has 2 aromatic carbocycles. The molecular weight excluding hydrogens is 260 g/mol. The topological polar surface area (TPSA) is 26.3 Å². The molecule has 2 rings (SSSR count). The van der Waals surface area contributed by atoms with Crippen LogP contribution in [-0.2, 0) is 0 Å². The fraction of sp³-hybridized carbons (Fsp3) is 0.188. The largest absolute Gasteiger partial charge is 0.496 e. The molecule has 100 valence electrons. The highest BCUT2D eigenvalue weighted by molar-refractivity contribution is 6.67. The number of ether oxygens (including phenoxy) is 1. The fourth-order valence-corrected chi connectivity index (χ4v) is 1.79. The molecule has 0 heterocycles. The first kappa shape index (κ1) is 15.3. The molecule has 0 saturated carbocycles. The first-order valence-electron chi connectivity index (χ1n) is 5.91. The molecule has 0 atom stereocenters. The van der Waals surface area contributed by atoms with E-state index in [1.165, 1.54) is 5.56 Å². The minimum Gasteiger partial charge on any atom is -0.496 e. The maximum Gasteiger partial charge on any atom is 0.252 e. The smallest absolute Gasteiger partial charge is 0.252 e. The van der Waals surface area contributed by atoms with E-state index in [0.29, 0.717) is 11.3 Å². The molecule has 0 N–H and O–H groups in total. The molecule has 0 radical (unpaired) electrons. The van der Waals surface area contributed by atoms with Crippen molar-refractivity contribution in [1.82, 2.24) is 0 Å². The fourth-order valence-electron chi connectivity index (χ4n) is 1.58. The number of rotatable bonds is 2. The van der Waals surface area contributed by atoms with Gasteiger partial charge in [-0.3, -0.25) is 4.79 Å². The summed E-state index contributed by atoms with van der Waals surface area (Å²) in [5.74, 6) is 0.682. The zero-order valence-electron chi connectivity index (χ0n) is 11.3. The quantitative estimate of drug-likeness (QED) is 0.761. The Morgan fingerprint density at radius 1 is 1.00 bits per heavy atom. The van der Waals surface area contributed by atoms with Gasteiger partial charge in [-0.2, -0.15) is 0 Å². The zero-order chi connectivity index (χ0) is 14.3. The number of carbonyl (C=O) groups is 1. The lowest BCUT2D eigenvalue weighted by molar-refractivity contribution is 0.108. The van der Waals surface area contributed by atoms with Gasteiger partial charge in [-0.25, -0.2) is 0 Å². The Morgan fingerprint density at radius 2 is 1.63 bits per heavy atom. The predicted molar refractivity (Wildman–Crippen MR) is 79.1 cm³/mol. The number of halogens is 1. The average Bonchev–Trinajstić information content (AvgIpc) is 2.40. The van der Waals surface area contributed by atoms with Crippen LogP contribution in [0, 0.1) is 13.8 Å². The van der Waals surface area contributed by atoms with Crippen molar-refractivity contribution in [2.45, 2.75) is 13.8 Å². The molecule has 0 spiro atoms. The van der Waals surface area contributed by atoms with E-state index in [1.54, 1.807) is 32.2 Å². The zero-order valence-corrected chi connectivity index (χ0v) is 12.1. The van der Waals surface area contributed by atoms with Crippen molar-refractivity contribution in [3.63, 3.8) is 0 Å². The second kappa shape index (κ2) is 7.59. The van der Waals surface area contributed by atoms with Gasteiger partial charge >= 0.3 is 0 Å². The number of benzene rings is 2. The van der Waals surface area contributed by atoms with E-state index in [-0.39, 0.29) is 0 Å². The van der Waals surface area contributed by atoms with Gasteiger partial charge in [0.05, 0.1) is 7.11 Å². The van der Waals surface area contributed by atoms with Crippen LogP contribution in [0.4, 0.5) is 0 Å². The summed E-state index contributed by atoms with van der Waals surface area (Å²) < 4.78 is 5.02. The van der Waals surface area contributed by atoms with Gasteiger partial charge in [0.2, 0.25) is 0 Å². The Balaban J connectivity index is 0.000000218. The van der Waals surface area contributed by atoms with Crippen LogP contribution in [0.3, 0.4) is 0 Å². The van der Waals surface area contributed by atoms with Crippen molar-refractivity contribution in [3.05, 3.63) is 65.2 Å². The first-order valence-corrected chi connectivity index (χ1v) is 6.29. The normalized spacial score (nSPS) is 9.26. The molecule has 2 aromatic rings. The molecule has 0 amide bonds. The number of carbonyl (C=O) groups excluding carboxylic acids is 1. The van der Waals surface area contributed by atoms with E-state index in [9.17, 15) is 4.79 Å². The number of hydrogen-bond acceptors (Lipinski definition) is 2. The van der Waals surface area contributed by atoms with Crippen molar-refractivity contribution in [2.75, 3.05) is 7.11 Å². The summed E-state index contributed by atoms with van der Waals surface area (Å²) in [4.78, 5) is 10.8. The summed E-state index contributed by atoms with van der Waals surface area (Å²) in [7, 11) is 1.56. The summed E-state index contributed by atoms with van der Waals surface area (Å²) >= 11 is 5.34. The second-order valence-electron chi connectivity index (χ2n) is 4.06. The van der Waals surface area contributed by atoms with Crippen molar-refractivity contribution < 1.29 is 9.53 Å². The molecular formula is C16H17ClO2. The molecule has 2 nitrogen and oxygen atoms in total. The van der Waals surface area contributed by atoms with Crippen molar-refractivity contribution >= 4 is 16.8 Å². The molecule has 0 bridgehead atoms. The van der Waals surface area contributed by atoms with Gasteiger partial charge in [-0.1, -0.05) is 42.0 Å². The number of hydrogen-bond donors (Lipinski definition) is 0. The molecule has 0 aliphatic carbocycles. The molecule has 19 heavy (non-hydrogen) atoms. The molecule has 0 aromatic heterocycles. The van der Waals surface area contributed by atoms with Gasteiger partial charge in [0.1, 0.15) is 5.75 Å². The van der Waals surface area contributed by atoms with E-state index in [4.69, 9.17) is 16.3 Å². The van der Waals surface area contributed by atoms with Crippen LogP contribution < -0.4 is 4.74 Å². The van der Waals surface area contributed by atoms with Gasteiger partial charge in [0.25, 0.3) is 5.24 Å². The van der Waals surface area contributed by atoms with Crippen LogP contribution in [0.1, 0.15) is 21.5 Å². The van der Waals surface area contributed by atoms with Crippen LogP contribution in [0.15, 0.2) is 48.5 Å². The Labute approximate surface area is 119 Å². The molecule has 3 heteroatoms. The third-order valence-corrected chi connectivity index (χ3v) is 2.86. The van der Waals surface area contributed by atoms with Crippen LogP contribution in [0.25, 0.3) is 0 Å². The van der Waals surface area contributed by atoms with E-state index < -0.39 is 5.24 Å². The lowest BCUT2D eigenvalue weighted by atomic mass is 10.1. The van der Waals surface area contributed by atoms with Crippen LogP contribution in [-0.4, -0.2) is 12.4 Å². The Morgan fingerprint density at radius 3 is 2.05 bits per heavy atom. The third kappa shape index (κ3) is 4.76. The summed E-state index contributed by atoms with van der Waals surface area (Å²) in [5, 5.41) is -0.452. The highest BCUT2D eigenvalue weighted by Gasteiger charge is 2.08. The standard InChI is InChI=1S/C9H9ClO2.C7H8/c1-6-7(9(10)11)4-3-5-8(6)12-2;1-7-5-3-2-4-6-7/h3-5H,1-2H3;2-6H,1H3. The maximum atomic E-state index is 10.8. The average molecular weight is 277 g/mol. The van der Waals surface area contributed by atoms with Crippen LogP contribution in [0.5, 0.6) is 5.75 Å². The number of aryl methyl sites for hydroxylation is 1. The Kier molecular flexibility index (Phi) is 6.10. The van der Waals surface area contributed by atoms with E-state index in [1.807, 2.05) is 18.2 Å². The molecule has 0 aliphatic heterocycles. The first-order chi connectivity index (χ1) is 9.06. The second-order valence-corrected chi connectivity index (χ2v) is 4.40. The predicted octanol–water partition coefficient (Wildman–Crippen LogP) is 4.38. The van der Waals surface area contributed by atoms with Gasteiger partial charge < -0.3 is 4.74 Å². The summed E-state index contributed by atoms with van der Waals surface area (Å²) in [6, 6.07) is 15.5. The lowest BCUT2D eigenvalue weighted by Gasteiger charge is -2.05. The minimum absolute atomic E-state index is 0.452. The Hall–Kier alpha value is -1.80. The summed E-state index contributed by atoms with van der Waals surface area (Å²) in [5.41, 5.74) is 2.60. The molecule has 0 unspecified atom stereocenters. The number of methoxy groups -OCH3 is 1. The minimum atomic E-state index is -0.452. The van der Waals surface area contributed by atoms with Crippen molar-refractivity contribution in [3.8, 4) is 5.75 Å². The van der Waals surface area contributed by atoms with E-state index in [2.05, 4.69) is 19.1 Å². The van der Waals surface area contributed by atoms with E-state index in [0.717, 1.165) is 5.56 Å². The van der Waals surface area contributed by atoms with Crippen molar-refractivity contribution in [1.29, 1.82) is 0 Å². The monoisotopic (exact) mass is 276 g/mol. The van der Waals surface area contributed by atoms with Gasteiger partial charge in [-0.15, -0.1) is 0 Å². The van der Waals surface area contributed by atoms with Gasteiger partial charge in [0.15, 0.2) is 0 Å². The molecule has 0 fully saturated rings. The summed E-state index contributed by atoms with van der Waals surface area (Å²) in [6.07, 6.45) is 0. The van der Waals surface area contributed by atoms with E-state index >= 15 is 0 Å². The Bertz CT molecular complexity index is 536. The van der Waals surface area contributed by atoms with Gasteiger partial charge in [0, 0.05) is 11.1 Å². The maximum absolute atomic E-state index is 10.8. The molecule has 0 aliphatic rings. The molecule has 0 saturated heterocycles. The lowest BCUT2D eigenvalue weighted by Crippen LogP contribution is -1.96. The summed E-state index contributed by atoms with van der Waals surface area (Å²) in [6.45, 7) is 3.88. The highest BCUT2D eigenvalue weighted by atomic mass is 35.5. The highest BCUT2D eigenvalue weighted by Crippen LogP contribution is 2.21. The van der Waals surface area contributed by atoms with Gasteiger partial charge in [-0.05, 0) is 37.6 Å². The third-order valence-electron chi connectivity index (χ3n) is 2.66. The van der Waals surface area contributed by atoms with Crippen LogP contribution >= 0.6 is 11.6 Å².